The van der Waals surface area contributed by atoms with Crippen LogP contribution in [0.2, 0.25) is 0 Å². The van der Waals surface area contributed by atoms with Crippen molar-refractivity contribution in [3.05, 3.63) is 12.2 Å². The number of nitrogens with zero attached hydrogens (tertiary/aromatic N) is 2. The summed E-state index contributed by atoms with van der Waals surface area (Å²) >= 11 is 0. The van der Waals surface area contributed by atoms with Gasteiger partial charge in [-0.1, -0.05) is 12.2 Å². The van der Waals surface area contributed by atoms with Gasteiger partial charge in [-0.3, -0.25) is 0 Å². The molecule has 2 rings (SSSR count). The number of rotatable bonds is 4. The van der Waals surface area contributed by atoms with Crippen molar-refractivity contribution in [1.29, 1.82) is 0 Å². The van der Waals surface area contributed by atoms with E-state index < -0.39 is 10.0 Å². The SMILES string of the molecule is CCS(=O)(=O)N1CCN(C[C@@H]2CC=CCC2)CC1. The molecule has 2 aliphatic rings. The van der Waals surface area contributed by atoms with Gasteiger partial charge >= 0.3 is 0 Å². The second-order valence-electron chi connectivity index (χ2n) is 5.25. The van der Waals surface area contributed by atoms with E-state index in [4.69, 9.17) is 0 Å². The minimum Gasteiger partial charge on any atom is -0.300 e. The molecule has 0 amide bonds. The number of allylic oxidation sites excluding steroid dienone is 2. The maximum absolute atomic E-state index is 11.7. The standard InChI is InChI=1S/C13H24N2O2S/c1-2-18(16,17)15-10-8-14(9-11-15)12-13-6-4-3-5-7-13/h3-4,13H,2,5-12H2,1H3/t13-/m1/s1. The molecule has 104 valence electrons. The van der Waals surface area contributed by atoms with Gasteiger partial charge in [0.25, 0.3) is 0 Å². The summed E-state index contributed by atoms with van der Waals surface area (Å²) in [6, 6.07) is 0. The molecule has 0 saturated carbocycles. The van der Waals surface area contributed by atoms with Gasteiger partial charge in [-0.05, 0) is 32.1 Å². The van der Waals surface area contributed by atoms with Crippen LogP contribution in [-0.4, -0.2) is 56.1 Å². The lowest BCUT2D eigenvalue weighted by atomic mass is 9.94. The van der Waals surface area contributed by atoms with E-state index in [0.717, 1.165) is 25.6 Å². The van der Waals surface area contributed by atoms with Crippen LogP contribution in [0.1, 0.15) is 26.2 Å². The molecule has 0 aromatic heterocycles. The van der Waals surface area contributed by atoms with E-state index in [0.29, 0.717) is 13.1 Å². The van der Waals surface area contributed by atoms with Gasteiger partial charge in [-0.2, -0.15) is 4.31 Å². The monoisotopic (exact) mass is 272 g/mol. The predicted octanol–water partition coefficient (Wildman–Crippen LogP) is 1.31. The number of hydrogen-bond acceptors (Lipinski definition) is 3. The fourth-order valence-corrected chi connectivity index (χ4v) is 3.84. The molecule has 1 heterocycles. The van der Waals surface area contributed by atoms with Gasteiger partial charge in [0.2, 0.25) is 10.0 Å². The molecule has 1 saturated heterocycles. The van der Waals surface area contributed by atoms with Crippen LogP contribution >= 0.6 is 0 Å². The summed E-state index contributed by atoms with van der Waals surface area (Å²) < 4.78 is 25.1. The van der Waals surface area contributed by atoms with Crippen molar-refractivity contribution >= 4 is 10.0 Å². The Bertz CT molecular complexity index is 384. The van der Waals surface area contributed by atoms with E-state index in [1.165, 1.54) is 19.3 Å². The largest absolute Gasteiger partial charge is 0.300 e. The Hall–Kier alpha value is -0.390. The van der Waals surface area contributed by atoms with E-state index in [-0.39, 0.29) is 5.75 Å². The quantitative estimate of drug-likeness (QED) is 0.725. The van der Waals surface area contributed by atoms with Crippen LogP contribution in [0.25, 0.3) is 0 Å². The van der Waals surface area contributed by atoms with Crippen LogP contribution < -0.4 is 0 Å². The Balaban J connectivity index is 1.78. The zero-order valence-corrected chi connectivity index (χ0v) is 12.0. The van der Waals surface area contributed by atoms with Crippen LogP contribution in [0, 0.1) is 5.92 Å². The first-order valence-corrected chi connectivity index (χ1v) is 8.58. The Morgan fingerprint density at radius 1 is 1.17 bits per heavy atom. The van der Waals surface area contributed by atoms with Crippen LogP contribution in [0.5, 0.6) is 0 Å². The lowest BCUT2D eigenvalue weighted by Gasteiger charge is -2.36. The minimum absolute atomic E-state index is 0.223. The number of sulfonamides is 1. The molecule has 1 fully saturated rings. The highest BCUT2D eigenvalue weighted by atomic mass is 32.2. The summed E-state index contributed by atoms with van der Waals surface area (Å²) in [5.41, 5.74) is 0. The molecule has 0 spiro atoms. The number of hydrogen-bond donors (Lipinski definition) is 0. The van der Waals surface area contributed by atoms with Gasteiger partial charge in [0.15, 0.2) is 0 Å². The third-order valence-electron chi connectivity index (χ3n) is 3.98. The van der Waals surface area contributed by atoms with Crippen molar-refractivity contribution in [2.24, 2.45) is 5.92 Å². The topological polar surface area (TPSA) is 40.6 Å². The first-order chi connectivity index (χ1) is 8.62. The molecule has 0 aromatic rings. The van der Waals surface area contributed by atoms with Gasteiger partial charge in [0, 0.05) is 32.7 Å². The predicted molar refractivity (Wildman–Crippen MR) is 74.0 cm³/mol. The maximum Gasteiger partial charge on any atom is 0.213 e. The summed E-state index contributed by atoms with van der Waals surface area (Å²) in [6.07, 6.45) is 8.22. The first kappa shape index (κ1) is 14.0. The third kappa shape index (κ3) is 3.56. The fraction of sp³-hybridized carbons (Fsp3) is 0.846. The minimum atomic E-state index is -2.98. The van der Waals surface area contributed by atoms with Crippen molar-refractivity contribution in [3.8, 4) is 0 Å². The van der Waals surface area contributed by atoms with E-state index in [9.17, 15) is 8.42 Å². The van der Waals surface area contributed by atoms with Gasteiger partial charge in [0.1, 0.15) is 0 Å². The summed E-state index contributed by atoms with van der Waals surface area (Å²) in [5, 5.41) is 0. The van der Waals surface area contributed by atoms with Crippen molar-refractivity contribution < 1.29 is 8.42 Å². The molecular formula is C13H24N2O2S. The molecule has 18 heavy (non-hydrogen) atoms. The molecule has 0 radical (unpaired) electrons. The second kappa shape index (κ2) is 6.17. The molecule has 4 nitrogen and oxygen atoms in total. The molecule has 0 unspecified atom stereocenters. The highest BCUT2D eigenvalue weighted by molar-refractivity contribution is 7.89. The Morgan fingerprint density at radius 3 is 2.44 bits per heavy atom. The molecular weight excluding hydrogens is 248 g/mol. The van der Waals surface area contributed by atoms with Crippen molar-refractivity contribution in [1.82, 2.24) is 9.21 Å². The fourth-order valence-electron chi connectivity index (χ4n) is 2.76. The van der Waals surface area contributed by atoms with Crippen molar-refractivity contribution in [3.63, 3.8) is 0 Å². The average molecular weight is 272 g/mol. The van der Waals surface area contributed by atoms with Crippen LogP contribution in [0.4, 0.5) is 0 Å². The summed E-state index contributed by atoms with van der Waals surface area (Å²) in [6.45, 7) is 5.96. The molecule has 1 atom stereocenters. The lowest BCUT2D eigenvalue weighted by Crippen LogP contribution is -2.50. The summed E-state index contributed by atoms with van der Waals surface area (Å²) in [5.74, 6) is 0.991. The Labute approximate surface area is 111 Å². The van der Waals surface area contributed by atoms with E-state index >= 15 is 0 Å². The Morgan fingerprint density at radius 2 is 1.89 bits per heavy atom. The lowest BCUT2D eigenvalue weighted by molar-refractivity contribution is 0.161. The summed E-state index contributed by atoms with van der Waals surface area (Å²) in [7, 11) is -2.98. The van der Waals surface area contributed by atoms with Gasteiger partial charge in [-0.15, -0.1) is 0 Å². The molecule has 0 N–H and O–H groups in total. The molecule has 0 bridgehead atoms. The highest BCUT2D eigenvalue weighted by Gasteiger charge is 2.26. The van der Waals surface area contributed by atoms with Gasteiger partial charge in [0.05, 0.1) is 5.75 Å². The van der Waals surface area contributed by atoms with Crippen LogP contribution in [0.3, 0.4) is 0 Å². The highest BCUT2D eigenvalue weighted by Crippen LogP contribution is 2.20. The summed E-state index contributed by atoms with van der Waals surface area (Å²) in [4.78, 5) is 2.42. The van der Waals surface area contributed by atoms with Crippen molar-refractivity contribution in [2.45, 2.75) is 26.2 Å². The molecule has 5 heteroatoms. The van der Waals surface area contributed by atoms with Crippen molar-refractivity contribution in [2.75, 3.05) is 38.5 Å². The normalized spacial score (nSPS) is 27.5. The molecule has 0 aromatic carbocycles. The zero-order chi connectivity index (χ0) is 13.0. The second-order valence-corrected chi connectivity index (χ2v) is 7.51. The van der Waals surface area contributed by atoms with Gasteiger partial charge < -0.3 is 4.90 Å². The van der Waals surface area contributed by atoms with E-state index in [2.05, 4.69) is 17.1 Å². The van der Waals surface area contributed by atoms with E-state index in [1.807, 2.05) is 0 Å². The van der Waals surface area contributed by atoms with E-state index in [1.54, 1.807) is 11.2 Å². The smallest absolute Gasteiger partial charge is 0.213 e. The number of piperazine rings is 1. The average Bonchev–Trinajstić information content (AvgIpc) is 2.40. The zero-order valence-electron chi connectivity index (χ0n) is 11.2. The van der Waals surface area contributed by atoms with Crippen LogP contribution in [0.15, 0.2) is 12.2 Å². The van der Waals surface area contributed by atoms with Gasteiger partial charge in [-0.25, -0.2) is 8.42 Å². The first-order valence-electron chi connectivity index (χ1n) is 6.97. The van der Waals surface area contributed by atoms with Crippen LogP contribution in [-0.2, 0) is 10.0 Å². The Kier molecular flexibility index (Phi) is 4.81. The molecule has 1 aliphatic heterocycles. The third-order valence-corrected chi connectivity index (χ3v) is 5.87. The molecule has 1 aliphatic carbocycles. The maximum atomic E-state index is 11.7.